The number of hydrogen-bond donors (Lipinski definition) is 0. The standard InChI is InChI=1S/C20H11F3O3/c21-14-8-4-12(5-9-14)19(24)13-6-10-15(11-7-13)26-20(25)18-16(22)2-1-3-17(18)23/h1-11H. The van der Waals surface area contributed by atoms with E-state index in [1.54, 1.807) is 0 Å². The van der Waals surface area contributed by atoms with Crippen LogP contribution in [0.5, 0.6) is 5.75 Å². The van der Waals surface area contributed by atoms with E-state index < -0.39 is 29.0 Å². The average molecular weight is 356 g/mol. The Hall–Kier alpha value is -3.41. The first-order valence-corrected chi connectivity index (χ1v) is 7.52. The number of ketones is 1. The average Bonchev–Trinajstić information content (AvgIpc) is 2.62. The molecule has 0 spiro atoms. The molecule has 0 unspecified atom stereocenters. The van der Waals surface area contributed by atoms with Crippen molar-refractivity contribution in [3.63, 3.8) is 0 Å². The van der Waals surface area contributed by atoms with Gasteiger partial charge < -0.3 is 4.74 Å². The smallest absolute Gasteiger partial charge is 0.349 e. The number of esters is 1. The number of halogens is 3. The number of ether oxygens (including phenoxy) is 1. The number of rotatable bonds is 4. The maximum Gasteiger partial charge on any atom is 0.349 e. The number of carbonyl (C=O) groups excluding carboxylic acids is 2. The zero-order valence-corrected chi connectivity index (χ0v) is 13.2. The van der Waals surface area contributed by atoms with Crippen LogP contribution in [0.4, 0.5) is 13.2 Å². The minimum atomic E-state index is -1.18. The Labute approximate surface area is 146 Å². The third kappa shape index (κ3) is 3.64. The fraction of sp³-hybridized carbons (Fsp3) is 0. The summed E-state index contributed by atoms with van der Waals surface area (Å²) < 4.78 is 45.0. The molecular formula is C20H11F3O3. The van der Waals surface area contributed by atoms with Crippen LogP contribution in [0, 0.1) is 17.5 Å². The topological polar surface area (TPSA) is 43.4 Å². The second-order valence-corrected chi connectivity index (χ2v) is 5.35. The highest BCUT2D eigenvalue weighted by atomic mass is 19.1. The minimum Gasteiger partial charge on any atom is -0.423 e. The van der Waals surface area contributed by atoms with Crippen molar-refractivity contribution in [1.82, 2.24) is 0 Å². The fourth-order valence-electron chi connectivity index (χ4n) is 2.29. The van der Waals surface area contributed by atoms with E-state index in [2.05, 4.69) is 0 Å². The van der Waals surface area contributed by atoms with Crippen LogP contribution >= 0.6 is 0 Å². The second kappa shape index (κ2) is 7.23. The van der Waals surface area contributed by atoms with Crippen LogP contribution in [0.3, 0.4) is 0 Å². The summed E-state index contributed by atoms with van der Waals surface area (Å²) in [5.74, 6) is -4.02. The molecule has 6 heteroatoms. The Morgan fingerprint density at radius 2 is 1.19 bits per heavy atom. The largest absolute Gasteiger partial charge is 0.423 e. The van der Waals surface area contributed by atoms with Crippen LogP contribution in [-0.4, -0.2) is 11.8 Å². The Bertz CT molecular complexity index is 944. The monoisotopic (exact) mass is 356 g/mol. The quantitative estimate of drug-likeness (QED) is 0.391. The fourth-order valence-corrected chi connectivity index (χ4v) is 2.29. The van der Waals surface area contributed by atoms with Gasteiger partial charge in [-0.1, -0.05) is 6.07 Å². The molecule has 0 saturated carbocycles. The maximum absolute atomic E-state index is 13.6. The summed E-state index contributed by atoms with van der Waals surface area (Å²) in [6, 6.07) is 13.5. The highest BCUT2D eigenvalue weighted by molar-refractivity contribution is 6.09. The molecule has 0 N–H and O–H groups in total. The van der Waals surface area contributed by atoms with Crippen molar-refractivity contribution >= 4 is 11.8 Å². The molecule has 0 aliphatic heterocycles. The molecule has 0 aliphatic carbocycles. The van der Waals surface area contributed by atoms with Crippen molar-refractivity contribution in [2.45, 2.75) is 0 Å². The van der Waals surface area contributed by atoms with Crippen molar-refractivity contribution < 1.29 is 27.5 Å². The number of hydrogen-bond acceptors (Lipinski definition) is 3. The van der Waals surface area contributed by atoms with Crippen LogP contribution in [0.1, 0.15) is 26.3 Å². The summed E-state index contributed by atoms with van der Waals surface area (Å²) in [5.41, 5.74) is -0.211. The third-order valence-corrected chi connectivity index (χ3v) is 3.60. The Balaban J connectivity index is 1.76. The highest BCUT2D eigenvalue weighted by Gasteiger charge is 2.19. The molecule has 0 heterocycles. The first kappa shape index (κ1) is 17.4. The Morgan fingerprint density at radius 3 is 1.73 bits per heavy atom. The van der Waals surface area contributed by atoms with E-state index in [1.807, 2.05) is 0 Å². The van der Waals surface area contributed by atoms with Gasteiger partial charge in [0.25, 0.3) is 0 Å². The van der Waals surface area contributed by atoms with Gasteiger partial charge >= 0.3 is 5.97 Å². The van der Waals surface area contributed by atoms with Crippen molar-refractivity contribution in [1.29, 1.82) is 0 Å². The van der Waals surface area contributed by atoms with Gasteiger partial charge in [0.15, 0.2) is 5.78 Å². The zero-order valence-electron chi connectivity index (χ0n) is 13.2. The SMILES string of the molecule is O=C(c1ccc(F)cc1)c1ccc(OC(=O)c2c(F)cccc2F)cc1. The third-order valence-electron chi connectivity index (χ3n) is 3.60. The second-order valence-electron chi connectivity index (χ2n) is 5.35. The molecule has 3 rings (SSSR count). The van der Waals surface area contributed by atoms with E-state index in [-0.39, 0.29) is 17.1 Å². The van der Waals surface area contributed by atoms with E-state index >= 15 is 0 Å². The molecule has 0 fully saturated rings. The lowest BCUT2D eigenvalue weighted by atomic mass is 10.0. The van der Waals surface area contributed by atoms with Crippen LogP contribution in [0.2, 0.25) is 0 Å². The van der Waals surface area contributed by atoms with Crippen LogP contribution in [0.25, 0.3) is 0 Å². The van der Waals surface area contributed by atoms with Crippen molar-refractivity contribution in [2.75, 3.05) is 0 Å². The summed E-state index contributed by atoms with van der Waals surface area (Å²) in [6.07, 6.45) is 0. The van der Waals surface area contributed by atoms with Crippen molar-refractivity contribution in [3.8, 4) is 5.75 Å². The first-order chi connectivity index (χ1) is 12.5. The Morgan fingerprint density at radius 1 is 0.692 bits per heavy atom. The van der Waals surface area contributed by atoms with E-state index in [1.165, 1.54) is 48.5 Å². The predicted octanol–water partition coefficient (Wildman–Crippen LogP) is 4.55. The van der Waals surface area contributed by atoms with Gasteiger partial charge in [-0.25, -0.2) is 18.0 Å². The Kier molecular flexibility index (Phi) is 4.84. The molecule has 3 nitrogen and oxygen atoms in total. The van der Waals surface area contributed by atoms with Gasteiger partial charge in [0.2, 0.25) is 0 Å². The zero-order chi connectivity index (χ0) is 18.7. The molecule has 0 bridgehead atoms. The van der Waals surface area contributed by atoms with Crippen molar-refractivity contribution in [2.24, 2.45) is 0 Å². The maximum atomic E-state index is 13.6. The number of benzene rings is 3. The molecule has 0 aliphatic rings. The van der Waals surface area contributed by atoms with Gasteiger partial charge in [-0.3, -0.25) is 4.79 Å². The summed E-state index contributed by atoms with van der Waals surface area (Å²) in [5, 5.41) is 0. The van der Waals surface area contributed by atoms with Crippen LogP contribution < -0.4 is 4.74 Å². The molecule has 3 aromatic carbocycles. The van der Waals surface area contributed by atoms with Crippen LogP contribution in [0.15, 0.2) is 66.7 Å². The van der Waals surface area contributed by atoms with Gasteiger partial charge in [0, 0.05) is 11.1 Å². The molecule has 0 aromatic heterocycles. The van der Waals surface area contributed by atoms with E-state index in [0.29, 0.717) is 5.56 Å². The molecule has 3 aromatic rings. The lowest BCUT2D eigenvalue weighted by Crippen LogP contribution is -2.13. The summed E-state index contributed by atoms with van der Waals surface area (Å²) >= 11 is 0. The lowest BCUT2D eigenvalue weighted by Gasteiger charge is -2.07. The van der Waals surface area contributed by atoms with E-state index in [4.69, 9.17) is 4.74 Å². The minimum absolute atomic E-state index is 0.0216. The van der Waals surface area contributed by atoms with Gasteiger partial charge in [-0.2, -0.15) is 0 Å². The lowest BCUT2D eigenvalue weighted by molar-refractivity contribution is 0.0724. The first-order valence-electron chi connectivity index (χ1n) is 7.52. The molecule has 0 saturated heterocycles. The molecule has 26 heavy (non-hydrogen) atoms. The highest BCUT2D eigenvalue weighted by Crippen LogP contribution is 2.19. The van der Waals surface area contributed by atoms with Crippen LogP contribution in [-0.2, 0) is 0 Å². The molecule has 0 amide bonds. The predicted molar refractivity (Wildman–Crippen MR) is 87.6 cm³/mol. The van der Waals surface area contributed by atoms with Gasteiger partial charge in [-0.15, -0.1) is 0 Å². The summed E-state index contributed by atoms with van der Waals surface area (Å²) in [6.45, 7) is 0. The van der Waals surface area contributed by atoms with Gasteiger partial charge in [-0.05, 0) is 60.7 Å². The summed E-state index contributed by atoms with van der Waals surface area (Å²) in [7, 11) is 0. The molecule has 130 valence electrons. The summed E-state index contributed by atoms with van der Waals surface area (Å²) in [4.78, 5) is 24.2. The molecule has 0 radical (unpaired) electrons. The van der Waals surface area contributed by atoms with Gasteiger partial charge in [0.05, 0.1) is 0 Å². The van der Waals surface area contributed by atoms with Crippen molar-refractivity contribution in [3.05, 3.63) is 101 Å². The number of carbonyl (C=O) groups is 2. The molecule has 0 atom stereocenters. The van der Waals surface area contributed by atoms with E-state index in [0.717, 1.165) is 18.2 Å². The molecular weight excluding hydrogens is 345 g/mol. The normalized spacial score (nSPS) is 10.4. The van der Waals surface area contributed by atoms with E-state index in [9.17, 15) is 22.8 Å². The van der Waals surface area contributed by atoms with Gasteiger partial charge in [0.1, 0.15) is 28.8 Å².